The second-order valence-corrected chi connectivity index (χ2v) is 3.30. The van der Waals surface area contributed by atoms with Gasteiger partial charge in [-0.2, -0.15) is 0 Å². The monoisotopic (exact) mass is 238 g/mol. The SMILES string of the molecule is COC(=O)c1cc(OC)cc(OC)c1C(C)=O. The van der Waals surface area contributed by atoms with Crippen LogP contribution in [0, 0.1) is 0 Å². The van der Waals surface area contributed by atoms with Crippen LogP contribution in [0.5, 0.6) is 11.5 Å². The molecule has 0 fully saturated rings. The summed E-state index contributed by atoms with van der Waals surface area (Å²) >= 11 is 0. The van der Waals surface area contributed by atoms with Crippen LogP contribution in [0.1, 0.15) is 27.6 Å². The number of ketones is 1. The molecule has 1 aromatic rings. The third-order valence-corrected chi connectivity index (χ3v) is 2.29. The predicted molar refractivity (Wildman–Crippen MR) is 60.9 cm³/mol. The van der Waals surface area contributed by atoms with Gasteiger partial charge in [0.2, 0.25) is 0 Å². The summed E-state index contributed by atoms with van der Waals surface area (Å²) in [7, 11) is 4.13. The van der Waals surface area contributed by atoms with E-state index in [-0.39, 0.29) is 22.7 Å². The third kappa shape index (κ3) is 2.55. The quantitative estimate of drug-likeness (QED) is 0.590. The van der Waals surface area contributed by atoms with Crippen LogP contribution in [-0.2, 0) is 4.74 Å². The standard InChI is InChI=1S/C12H14O5/c1-7(13)11-9(12(14)17-4)5-8(15-2)6-10(11)16-3/h5-6H,1-4H3. The van der Waals surface area contributed by atoms with Crippen molar-refractivity contribution in [1.82, 2.24) is 0 Å². The zero-order chi connectivity index (χ0) is 13.0. The molecule has 0 aromatic heterocycles. The molecule has 0 aliphatic rings. The van der Waals surface area contributed by atoms with Crippen LogP contribution in [0.25, 0.3) is 0 Å². The highest BCUT2D eigenvalue weighted by atomic mass is 16.5. The molecule has 92 valence electrons. The van der Waals surface area contributed by atoms with Gasteiger partial charge in [0.05, 0.1) is 32.5 Å². The summed E-state index contributed by atoms with van der Waals surface area (Å²) in [5, 5.41) is 0. The van der Waals surface area contributed by atoms with E-state index in [1.54, 1.807) is 6.07 Å². The average molecular weight is 238 g/mol. The van der Waals surface area contributed by atoms with Crippen LogP contribution in [0.2, 0.25) is 0 Å². The second-order valence-electron chi connectivity index (χ2n) is 3.30. The van der Waals surface area contributed by atoms with Gasteiger partial charge in [-0.05, 0) is 13.0 Å². The van der Waals surface area contributed by atoms with Crippen molar-refractivity contribution in [2.24, 2.45) is 0 Å². The molecule has 5 heteroatoms. The Labute approximate surface area is 99.3 Å². The van der Waals surface area contributed by atoms with Crippen LogP contribution in [-0.4, -0.2) is 33.1 Å². The second kappa shape index (κ2) is 5.34. The van der Waals surface area contributed by atoms with E-state index < -0.39 is 5.97 Å². The summed E-state index contributed by atoms with van der Waals surface area (Å²) in [5.74, 6) is -0.165. The normalized spacial score (nSPS) is 9.65. The van der Waals surface area contributed by atoms with Crippen LogP contribution in [0.4, 0.5) is 0 Å². The van der Waals surface area contributed by atoms with E-state index >= 15 is 0 Å². The van der Waals surface area contributed by atoms with Gasteiger partial charge in [0.15, 0.2) is 5.78 Å². The summed E-state index contributed by atoms with van der Waals surface area (Å²) < 4.78 is 14.7. The van der Waals surface area contributed by atoms with Gasteiger partial charge in [0.1, 0.15) is 11.5 Å². The third-order valence-electron chi connectivity index (χ3n) is 2.29. The summed E-state index contributed by atoms with van der Waals surface area (Å²) in [6.07, 6.45) is 0. The van der Waals surface area contributed by atoms with E-state index in [1.165, 1.54) is 34.3 Å². The Morgan fingerprint density at radius 3 is 2.12 bits per heavy atom. The minimum Gasteiger partial charge on any atom is -0.497 e. The largest absolute Gasteiger partial charge is 0.497 e. The first-order valence-corrected chi connectivity index (χ1v) is 4.90. The highest BCUT2D eigenvalue weighted by Gasteiger charge is 2.21. The molecule has 0 aliphatic carbocycles. The Hall–Kier alpha value is -2.04. The predicted octanol–water partition coefficient (Wildman–Crippen LogP) is 1.69. The maximum absolute atomic E-state index is 11.6. The fourth-order valence-corrected chi connectivity index (χ4v) is 1.50. The maximum atomic E-state index is 11.6. The highest BCUT2D eigenvalue weighted by molar-refractivity contribution is 6.07. The van der Waals surface area contributed by atoms with Crippen LogP contribution in [0.15, 0.2) is 12.1 Å². The number of esters is 1. The molecular formula is C12H14O5. The Morgan fingerprint density at radius 1 is 1.06 bits per heavy atom. The van der Waals surface area contributed by atoms with Gasteiger partial charge in [-0.15, -0.1) is 0 Å². The number of hydrogen-bond donors (Lipinski definition) is 0. The topological polar surface area (TPSA) is 61.8 Å². The van der Waals surface area contributed by atoms with Gasteiger partial charge < -0.3 is 14.2 Å². The number of Topliss-reactive ketones (excluding diaryl/α,β-unsaturated/α-hetero) is 1. The minimum absolute atomic E-state index is 0.135. The molecule has 17 heavy (non-hydrogen) atoms. The van der Waals surface area contributed by atoms with E-state index in [4.69, 9.17) is 9.47 Å². The molecule has 0 spiro atoms. The molecule has 0 amide bonds. The van der Waals surface area contributed by atoms with E-state index in [2.05, 4.69) is 4.74 Å². The first-order valence-electron chi connectivity index (χ1n) is 4.90. The molecule has 0 unspecified atom stereocenters. The smallest absolute Gasteiger partial charge is 0.338 e. The van der Waals surface area contributed by atoms with Gasteiger partial charge in [-0.25, -0.2) is 4.79 Å². The number of hydrogen-bond acceptors (Lipinski definition) is 5. The Bertz CT molecular complexity index is 450. The molecule has 0 saturated heterocycles. The van der Waals surface area contributed by atoms with Gasteiger partial charge in [-0.1, -0.05) is 0 Å². The summed E-state index contributed by atoms with van der Waals surface area (Å²) in [6.45, 7) is 1.36. The Balaban J connectivity index is 3.51. The van der Waals surface area contributed by atoms with E-state index in [1.807, 2.05) is 0 Å². The van der Waals surface area contributed by atoms with Crippen LogP contribution >= 0.6 is 0 Å². The van der Waals surface area contributed by atoms with E-state index in [0.29, 0.717) is 5.75 Å². The first kappa shape index (κ1) is 13.0. The lowest BCUT2D eigenvalue weighted by atomic mass is 10.0. The van der Waals surface area contributed by atoms with Crippen molar-refractivity contribution in [3.63, 3.8) is 0 Å². The molecule has 0 bridgehead atoms. The lowest BCUT2D eigenvalue weighted by Gasteiger charge is -2.12. The summed E-state index contributed by atoms with van der Waals surface area (Å²) in [5.41, 5.74) is 0.330. The molecule has 1 rings (SSSR count). The number of rotatable bonds is 4. The van der Waals surface area contributed by atoms with Gasteiger partial charge in [0, 0.05) is 6.07 Å². The number of carbonyl (C=O) groups is 2. The van der Waals surface area contributed by atoms with Crippen molar-refractivity contribution in [3.8, 4) is 11.5 Å². The summed E-state index contributed by atoms with van der Waals surface area (Å²) in [6, 6.07) is 2.99. The molecule has 0 saturated carbocycles. The Kier molecular flexibility index (Phi) is 4.09. The van der Waals surface area contributed by atoms with Gasteiger partial charge in [-0.3, -0.25) is 4.79 Å². The molecule has 0 heterocycles. The van der Waals surface area contributed by atoms with Crippen molar-refractivity contribution < 1.29 is 23.8 Å². The number of methoxy groups -OCH3 is 3. The fraction of sp³-hybridized carbons (Fsp3) is 0.333. The highest BCUT2D eigenvalue weighted by Crippen LogP contribution is 2.29. The van der Waals surface area contributed by atoms with E-state index in [0.717, 1.165) is 0 Å². The summed E-state index contributed by atoms with van der Waals surface area (Å²) in [4.78, 5) is 23.1. The molecular weight excluding hydrogens is 224 g/mol. The Morgan fingerprint density at radius 2 is 1.71 bits per heavy atom. The van der Waals surface area contributed by atoms with Gasteiger partial charge >= 0.3 is 5.97 Å². The number of benzene rings is 1. The first-order chi connectivity index (χ1) is 8.04. The van der Waals surface area contributed by atoms with Gasteiger partial charge in [0.25, 0.3) is 0 Å². The van der Waals surface area contributed by atoms with Crippen LogP contribution < -0.4 is 9.47 Å². The van der Waals surface area contributed by atoms with Crippen LogP contribution in [0.3, 0.4) is 0 Å². The van der Waals surface area contributed by atoms with Crippen molar-refractivity contribution >= 4 is 11.8 Å². The van der Waals surface area contributed by atoms with Crippen molar-refractivity contribution in [2.75, 3.05) is 21.3 Å². The zero-order valence-electron chi connectivity index (χ0n) is 10.2. The van der Waals surface area contributed by atoms with Crippen molar-refractivity contribution in [3.05, 3.63) is 23.3 Å². The van der Waals surface area contributed by atoms with E-state index in [9.17, 15) is 9.59 Å². The molecule has 1 aromatic carbocycles. The lowest BCUT2D eigenvalue weighted by molar-refractivity contribution is 0.0596. The van der Waals surface area contributed by atoms with Crippen molar-refractivity contribution in [1.29, 1.82) is 0 Å². The molecule has 0 N–H and O–H groups in total. The average Bonchev–Trinajstić information content (AvgIpc) is 2.35. The number of ether oxygens (including phenoxy) is 3. The number of carbonyl (C=O) groups excluding carboxylic acids is 2. The fourth-order valence-electron chi connectivity index (χ4n) is 1.50. The molecule has 0 radical (unpaired) electrons. The lowest BCUT2D eigenvalue weighted by Crippen LogP contribution is -2.10. The molecule has 0 aliphatic heterocycles. The molecule has 5 nitrogen and oxygen atoms in total. The van der Waals surface area contributed by atoms with Crippen molar-refractivity contribution in [2.45, 2.75) is 6.92 Å². The maximum Gasteiger partial charge on any atom is 0.338 e. The minimum atomic E-state index is -0.604. The zero-order valence-corrected chi connectivity index (χ0v) is 10.2. The molecule has 0 atom stereocenters.